The lowest BCUT2D eigenvalue weighted by Gasteiger charge is -2.33. The summed E-state index contributed by atoms with van der Waals surface area (Å²) in [4.78, 5) is 2.69. The molecule has 0 amide bonds. The molecule has 0 atom stereocenters. The van der Waals surface area contributed by atoms with E-state index >= 15 is 0 Å². The molecule has 2 aromatic heterocycles. The van der Waals surface area contributed by atoms with Crippen LogP contribution in [0, 0.1) is 0 Å². The number of fused-ring (bicyclic) bond motifs is 16. The van der Waals surface area contributed by atoms with Gasteiger partial charge in [0, 0.05) is 42.7 Å². The lowest BCUT2D eigenvalue weighted by molar-refractivity contribution is 0.488. The standard InChI is InChI=1S/C62H46B2N2OS/c1-61(2,3)39-21-15-35(16-22-39)37-19-27-49-47(31-37)63-45-11-7-9-13-53(45)67-54-29-25-41-43-33-44-42-26-30-56-58-60(42)66(52(44)34-51(43)65(49)59(41)57(54)63)50-28-20-38(36-17-23-40(24-18-36)62(4,5)6)32-48(50)64(58)46-12-8-10-14-55(46)68-56/h7-34H,1-6H3. The molecule has 0 spiro atoms. The summed E-state index contributed by atoms with van der Waals surface area (Å²) in [5, 5.41) is 5.13. The maximum Gasteiger partial charge on any atom is 0.256 e. The number of para-hydroxylation sites is 1. The minimum atomic E-state index is 0.0310. The summed E-state index contributed by atoms with van der Waals surface area (Å²) in [5.74, 6) is 1.88. The van der Waals surface area contributed by atoms with Crippen LogP contribution in [0.3, 0.4) is 0 Å². The highest BCUT2D eigenvalue weighted by Gasteiger charge is 2.42. The minimum Gasteiger partial charge on any atom is -0.458 e. The molecule has 0 fully saturated rings. The maximum atomic E-state index is 6.84. The summed E-state index contributed by atoms with van der Waals surface area (Å²) in [7, 11) is 0. The summed E-state index contributed by atoms with van der Waals surface area (Å²) in [6.45, 7) is 13.9. The molecule has 0 N–H and O–H groups in total. The van der Waals surface area contributed by atoms with Crippen molar-refractivity contribution in [3.05, 3.63) is 181 Å². The third-order valence-corrected chi connectivity index (χ3v) is 16.9. The normalized spacial score (nSPS) is 14.0. The fraction of sp³-hybridized carbons (Fsp3) is 0.129. The molecule has 3 nitrogen and oxygen atoms in total. The zero-order chi connectivity index (χ0) is 45.5. The van der Waals surface area contributed by atoms with Gasteiger partial charge in [-0.2, -0.15) is 0 Å². The molecule has 6 heteroatoms. The van der Waals surface area contributed by atoms with Gasteiger partial charge in [0.1, 0.15) is 11.5 Å². The van der Waals surface area contributed by atoms with Gasteiger partial charge in [0.2, 0.25) is 6.71 Å². The molecular formula is C62H46B2N2OS. The number of rotatable bonds is 2. The molecule has 0 saturated carbocycles. The van der Waals surface area contributed by atoms with Crippen molar-refractivity contribution in [2.45, 2.75) is 62.2 Å². The Morgan fingerprint density at radius 2 is 0.912 bits per heavy atom. The van der Waals surface area contributed by atoms with E-state index in [2.05, 4.69) is 221 Å². The molecule has 0 saturated heterocycles. The molecule has 68 heavy (non-hydrogen) atoms. The second-order valence-electron chi connectivity index (χ2n) is 21.7. The van der Waals surface area contributed by atoms with E-state index in [-0.39, 0.29) is 24.3 Å². The van der Waals surface area contributed by atoms with Gasteiger partial charge in [-0.1, -0.05) is 174 Å². The summed E-state index contributed by atoms with van der Waals surface area (Å²) in [6, 6.07) is 65.0. The van der Waals surface area contributed by atoms with E-state index in [1.165, 1.54) is 131 Å². The third kappa shape index (κ3) is 5.19. The average molecular weight is 889 g/mol. The molecule has 0 unspecified atom stereocenters. The van der Waals surface area contributed by atoms with Crippen molar-refractivity contribution >= 4 is 102 Å². The molecule has 4 aliphatic rings. The van der Waals surface area contributed by atoms with Crippen LogP contribution in [0.5, 0.6) is 11.5 Å². The van der Waals surface area contributed by atoms with Crippen LogP contribution in [0.15, 0.2) is 180 Å². The molecule has 0 aliphatic carbocycles. The largest absolute Gasteiger partial charge is 0.458 e. The van der Waals surface area contributed by atoms with E-state index in [4.69, 9.17) is 4.74 Å². The summed E-state index contributed by atoms with van der Waals surface area (Å²) in [5.41, 5.74) is 23.3. The van der Waals surface area contributed by atoms with Crippen molar-refractivity contribution in [1.82, 2.24) is 9.13 Å². The predicted molar refractivity (Wildman–Crippen MR) is 290 cm³/mol. The van der Waals surface area contributed by atoms with Gasteiger partial charge in [-0.3, -0.25) is 0 Å². The van der Waals surface area contributed by atoms with E-state index in [1.807, 2.05) is 11.8 Å². The Labute approximate surface area is 401 Å². The van der Waals surface area contributed by atoms with Crippen LogP contribution in [-0.2, 0) is 10.8 Å². The molecule has 11 aromatic rings. The van der Waals surface area contributed by atoms with Crippen molar-refractivity contribution < 1.29 is 4.74 Å². The Morgan fingerprint density at radius 3 is 1.51 bits per heavy atom. The van der Waals surface area contributed by atoms with Crippen LogP contribution in [0.2, 0.25) is 0 Å². The first kappa shape index (κ1) is 38.9. The number of nitrogens with zero attached hydrogens (tertiary/aromatic N) is 2. The van der Waals surface area contributed by atoms with Gasteiger partial charge < -0.3 is 13.9 Å². The van der Waals surface area contributed by atoms with Gasteiger partial charge >= 0.3 is 0 Å². The molecule has 322 valence electrons. The van der Waals surface area contributed by atoms with Crippen molar-refractivity contribution in [3.8, 4) is 45.1 Å². The van der Waals surface area contributed by atoms with Crippen LogP contribution in [-0.4, -0.2) is 22.6 Å². The highest BCUT2D eigenvalue weighted by Crippen LogP contribution is 2.45. The van der Waals surface area contributed by atoms with E-state index in [1.54, 1.807) is 0 Å². The fourth-order valence-corrected chi connectivity index (χ4v) is 13.6. The first-order valence-electron chi connectivity index (χ1n) is 24.1. The van der Waals surface area contributed by atoms with Gasteiger partial charge in [-0.15, -0.1) is 0 Å². The number of hydrogen-bond acceptors (Lipinski definition) is 2. The minimum absolute atomic E-state index is 0.0310. The zero-order valence-corrected chi connectivity index (χ0v) is 39.8. The second-order valence-corrected chi connectivity index (χ2v) is 22.7. The SMILES string of the molecule is CC(C)(C)c1ccc(-c2ccc3c(c2)B2c4ccccc4Oc4ccc5c6cc7c8ccc9c%10c8n(c7cc6n-3c5c42)-c2ccc(-c3ccc(C(C)(C)C)cc3)cc2B%10c2ccccc2S9)cc1. The first-order chi connectivity index (χ1) is 33.0. The molecule has 0 bridgehead atoms. The number of hydrogen-bond donors (Lipinski definition) is 0. The van der Waals surface area contributed by atoms with E-state index in [9.17, 15) is 0 Å². The topological polar surface area (TPSA) is 19.1 Å². The Morgan fingerprint density at radius 1 is 0.397 bits per heavy atom. The van der Waals surface area contributed by atoms with Gasteiger partial charge in [0.05, 0.1) is 22.1 Å². The van der Waals surface area contributed by atoms with E-state index in [0.717, 1.165) is 11.5 Å². The molecule has 6 heterocycles. The number of ether oxygens (including phenoxy) is 1. The molecular weight excluding hydrogens is 842 g/mol. The Bertz CT molecular complexity index is 3790. The summed E-state index contributed by atoms with van der Waals surface area (Å²) in [6.07, 6.45) is 0. The lowest BCUT2D eigenvalue weighted by Crippen LogP contribution is -2.58. The fourth-order valence-electron chi connectivity index (χ4n) is 12.4. The van der Waals surface area contributed by atoms with Gasteiger partial charge in [0.25, 0.3) is 6.71 Å². The van der Waals surface area contributed by atoms with Crippen molar-refractivity contribution in [2.24, 2.45) is 0 Å². The van der Waals surface area contributed by atoms with Crippen LogP contribution in [0.1, 0.15) is 52.7 Å². The van der Waals surface area contributed by atoms with Crippen molar-refractivity contribution in [3.63, 3.8) is 0 Å². The van der Waals surface area contributed by atoms with Crippen LogP contribution in [0.4, 0.5) is 0 Å². The smallest absolute Gasteiger partial charge is 0.256 e. The molecule has 15 rings (SSSR count). The third-order valence-electron chi connectivity index (χ3n) is 15.8. The average Bonchev–Trinajstić information content (AvgIpc) is 3.86. The summed E-state index contributed by atoms with van der Waals surface area (Å²) < 4.78 is 12.0. The van der Waals surface area contributed by atoms with Crippen molar-refractivity contribution in [2.75, 3.05) is 0 Å². The number of aromatic nitrogens is 2. The highest BCUT2D eigenvalue weighted by molar-refractivity contribution is 8.00. The van der Waals surface area contributed by atoms with Gasteiger partial charge in [-0.05, 0) is 126 Å². The first-order valence-corrected chi connectivity index (χ1v) is 25.0. The summed E-state index contributed by atoms with van der Waals surface area (Å²) >= 11 is 1.92. The molecule has 4 aliphatic heterocycles. The molecule has 9 aromatic carbocycles. The lowest BCUT2D eigenvalue weighted by atomic mass is 9.34. The predicted octanol–water partition coefficient (Wildman–Crippen LogP) is 12.0. The van der Waals surface area contributed by atoms with Gasteiger partial charge in [-0.25, -0.2) is 0 Å². The van der Waals surface area contributed by atoms with E-state index in [0.29, 0.717) is 0 Å². The van der Waals surface area contributed by atoms with Crippen LogP contribution in [0.25, 0.3) is 77.2 Å². The Hall–Kier alpha value is -7.14. The zero-order valence-electron chi connectivity index (χ0n) is 39.0. The van der Waals surface area contributed by atoms with E-state index < -0.39 is 0 Å². The second kappa shape index (κ2) is 13.3. The highest BCUT2D eigenvalue weighted by atomic mass is 32.2. The quantitative estimate of drug-likeness (QED) is 0.161. The van der Waals surface area contributed by atoms with Crippen LogP contribution >= 0.6 is 11.8 Å². The Kier molecular flexibility index (Phi) is 7.61. The maximum absolute atomic E-state index is 6.84. The monoisotopic (exact) mass is 888 g/mol. The van der Waals surface area contributed by atoms with Gasteiger partial charge in [0.15, 0.2) is 0 Å². The van der Waals surface area contributed by atoms with Crippen molar-refractivity contribution in [1.29, 1.82) is 0 Å². The Balaban J connectivity index is 1.01. The van der Waals surface area contributed by atoms with Crippen LogP contribution < -0.4 is 37.5 Å². The number of benzene rings is 9. The molecule has 0 radical (unpaired) electrons.